The topological polar surface area (TPSA) is 145 Å². The third kappa shape index (κ3) is 8.54. The predicted octanol–water partition coefficient (Wildman–Crippen LogP) is 4.26. The van der Waals surface area contributed by atoms with Crippen LogP contribution in [0.25, 0.3) is 11.1 Å². The summed E-state index contributed by atoms with van der Waals surface area (Å²) in [6, 6.07) is 12.0. The van der Waals surface area contributed by atoms with Crippen molar-refractivity contribution in [3.63, 3.8) is 0 Å². The quantitative estimate of drug-likeness (QED) is 0.168. The van der Waals surface area contributed by atoms with Crippen molar-refractivity contribution in [2.24, 2.45) is 0 Å². The minimum atomic E-state index is -4.20. The van der Waals surface area contributed by atoms with Crippen molar-refractivity contribution >= 4 is 28.2 Å². The fourth-order valence-corrected chi connectivity index (χ4v) is 6.13. The molecule has 2 N–H and O–H groups in total. The smallest absolute Gasteiger partial charge is 0.264 e. The zero-order valence-corrected chi connectivity index (χ0v) is 25.6. The largest absolute Gasteiger partial charge is 0.392 e. The van der Waals surface area contributed by atoms with Gasteiger partial charge in [0.15, 0.2) is 12.0 Å². The minimum Gasteiger partial charge on any atom is -0.392 e. The maximum atomic E-state index is 13.8. The van der Waals surface area contributed by atoms with Crippen molar-refractivity contribution in [3.8, 4) is 11.1 Å². The van der Waals surface area contributed by atoms with Crippen LogP contribution in [-0.4, -0.2) is 48.0 Å². The normalized spacial score (nSPS) is 13.5. The molecule has 0 saturated heterocycles. The minimum absolute atomic E-state index is 0.0463. The highest BCUT2D eigenvalue weighted by molar-refractivity contribution is 7.89. The van der Waals surface area contributed by atoms with E-state index in [2.05, 4.69) is 29.5 Å². The van der Waals surface area contributed by atoms with Crippen LogP contribution in [0.4, 0.5) is 0 Å². The second-order valence-corrected chi connectivity index (χ2v) is 19.5. The summed E-state index contributed by atoms with van der Waals surface area (Å²) in [6.45, 7) is 9.87. The third-order valence-electron chi connectivity index (χ3n) is 6.08. The molecule has 0 radical (unpaired) electrons. The van der Waals surface area contributed by atoms with E-state index in [1.807, 2.05) is 0 Å². The van der Waals surface area contributed by atoms with Gasteiger partial charge >= 0.3 is 0 Å². The van der Waals surface area contributed by atoms with E-state index in [1.54, 1.807) is 50.2 Å². The number of aliphatic hydroxyl groups excluding tert-OH is 1. The molecule has 1 heterocycles. The average molecular weight is 597 g/mol. The highest BCUT2D eigenvalue weighted by Gasteiger charge is 2.30. The fourth-order valence-electron chi connectivity index (χ4n) is 3.75. The molecule has 0 aliphatic rings. The van der Waals surface area contributed by atoms with Gasteiger partial charge in [-0.15, -0.1) is 0 Å². The number of hydrogen-bond donors (Lipinski definition) is 2. The molecule has 0 aliphatic carbocycles. The summed E-state index contributed by atoms with van der Waals surface area (Å²) in [5, 5.41) is 13.6. The van der Waals surface area contributed by atoms with E-state index in [9.17, 15) is 21.9 Å². The van der Waals surface area contributed by atoms with Crippen LogP contribution in [0.15, 0.2) is 51.9 Å². The zero-order valence-electron chi connectivity index (χ0n) is 23.0. The van der Waals surface area contributed by atoms with Crippen molar-refractivity contribution in [3.05, 3.63) is 70.6 Å². The van der Waals surface area contributed by atoms with Crippen molar-refractivity contribution in [1.82, 2.24) is 9.88 Å². The van der Waals surface area contributed by atoms with E-state index in [1.165, 1.54) is 6.07 Å². The molecule has 0 spiro atoms. The summed E-state index contributed by atoms with van der Waals surface area (Å²) in [7, 11) is -9.43. The Labute approximate surface area is 231 Å². The lowest BCUT2D eigenvalue weighted by Crippen LogP contribution is -2.32. The van der Waals surface area contributed by atoms with Crippen LogP contribution in [0.1, 0.15) is 34.4 Å². The molecule has 1 aromatic heterocycles. The van der Waals surface area contributed by atoms with Crippen molar-refractivity contribution < 1.29 is 35.4 Å². The molecule has 1 unspecified atom stereocenters. The second kappa shape index (κ2) is 12.4. The first-order chi connectivity index (χ1) is 18.1. The van der Waals surface area contributed by atoms with Crippen molar-refractivity contribution in [2.75, 3.05) is 12.9 Å². The first kappa shape index (κ1) is 31.1. The molecule has 3 rings (SSSR count). The van der Waals surface area contributed by atoms with Gasteiger partial charge in [0.2, 0.25) is 10.0 Å². The highest BCUT2D eigenvalue weighted by Crippen LogP contribution is 2.33. The number of nitrogens with zero attached hydrogens (tertiary/aromatic N) is 1. The van der Waals surface area contributed by atoms with Crippen LogP contribution in [0.3, 0.4) is 0 Å². The zero-order chi connectivity index (χ0) is 29.0. The fraction of sp³-hybridized carbons (Fsp3) is 0.423. The molecular weight excluding hydrogens is 561 g/mol. The maximum absolute atomic E-state index is 13.8. The Balaban J connectivity index is 2.04. The lowest BCUT2D eigenvalue weighted by atomic mass is 9.98. The molecule has 2 aromatic carbocycles. The van der Waals surface area contributed by atoms with E-state index < -0.39 is 34.4 Å². The standard InChI is InChI=1S/C26H36N2O8S2Si/c1-18-19(2)27-36-25(18)26(34-13-14-39(4,5)6)28-38(32,33)24-10-8-7-9-23(24)22-12-11-20(16-29)15-21(22)17-35-37(3,30)31/h7-12,15,26,28-29H,13-14,16-17H2,1-6H3. The van der Waals surface area contributed by atoms with Gasteiger partial charge in [-0.3, -0.25) is 4.18 Å². The van der Waals surface area contributed by atoms with Gasteiger partial charge in [-0.1, -0.05) is 61.2 Å². The maximum Gasteiger partial charge on any atom is 0.264 e. The molecule has 0 saturated carbocycles. The average Bonchev–Trinajstić information content (AvgIpc) is 3.18. The van der Waals surface area contributed by atoms with Gasteiger partial charge in [0.1, 0.15) is 0 Å². The lowest BCUT2D eigenvalue weighted by Gasteiger charge is -2.22. The Bertz CT molecular complexity index is 1510. The van der Waals surface area contributed by atoms with Gasteiger partial charge < -0.3 is 14.4 Å². The Morgan fingerprint density at radius 1 is 1.05 bits per heavy atom. The number of hydrogen-bond acceptors (Lipinski definition) is 9. The first-order valence-corrected chi connectivity index (χ1v) is 19.3. The molecule has 0 bridgehead atoms. The number of aromatic nitrogens is 1. The van der Waals surface area contributed by atoms with E-state index in [0.29, 0.717) is 40.1 Å². The molecule has 0 fully saturated rings. The van der Waals surface area contributed by atoms with E-state index in [4.69, 9.17) is 13.4 Å². The number of sulfonamides is 1. The number of benzene rings is 2. The molecule has 214 valence electrons. The lowest BCUT2D eigenvalue weighted by molar-refractivity contribution is 0.0336. The van der Waals surface area contributed by atoms with Crippen LogP contribution in [0.2, 0.25) is 25.7 Å². The number of nitrogens with one attached hydrogen (secondary N) is 1. The number of ether oxygens (including phenoxy) is 1. The highest BCUT2D eigenvalue weighted by atomic mass is 32.2. The summed E-state index contributed by atoms with van der Waals surface area (Å²) < 4.78 is 70.1. The molecule has 1 atom stereocenters. The third-order valence-corrected chi connectivity index (χ3v) is 9.79. The SMILES string of the molecule is Cc1noc(C(NS(=O)(=O)c2ccccc2-c2ccc(CO)cc2COS(C)(=O)=O)OCC[Si](C)(C)C)c1C. The van der Waals surface area contributed by atoms with Gasteiger partial charge in [0.05, 0.1) is 30.1 Å². The van der Waals surface area contributed by atoms with E-state index in [-0.39, 0.29) is 23.9 Å². The van der Waals surface area contributed by atoms with Crippen LogP contribution >= 0.6 is 0 Å². The second-order valence-electron chi connectivity index (χ2n) is 10.6. The van der Waals surface area contributed by atoms with E-state index >= 15 is 0 Å². The van der Waals surface area contributed by atoms with Crippen LogP contribution in [-0.2, 0) is 42.3 Å². The molecule has 0 aliphatic heterocycles. The first-order valence-electron chi connectivity index (χ1n) is 12.3. The molecule has 0 amide bonds. The van der Waals surface area contributed by atoms with Gasteiger partial charge in [-0.05, 0) is 42.6 Å². The van der Waals surface area contributed by atoms with Gasteiger partial charge in [0, 0.05) is 25.8 Å². The number of aryl methyl sites for hydroxylation is 1. The van der Waals surface area contributed by atoms with Gasteiger partial charge in [-0.2, -0.15) is 13.1 Å². The monoisotopic (exact) mass is 596 g/mol. The van der Waals surface area contributed by atoms with Crippen LogP contribution in [0.5, 0.6) is 0 Å². The molecule has 39 heavy (non-hydrogen) atoms. The van der Waals surface area contributed by atoms with Crippen LogP contribution < -0.4 is 4.72 Å². The predicted molar refractivity (Wildman–Crippen MR) is 151 cm³/mol. The molecule has 13 heteroatoms. The van der Waals surface area contributed by atoms with Gasteiger partial charge in [0.25, 0.3) is 10.1 Å². The van der Waals surface area contributed by atoms with Gasteiger partial charge in [-0.25, -0.2) is 8.42 Å². The summed E-state index contributed by atoms with van der Waals surface area (Å²) in [5.74, 6) is 0.277. The Morgan fingerprint density at radius 3 is 2.33 bits per heavy atom. The molecule has 3 aromatic rings. The molecule has 10 nitrogen and oxygen atoms in total. The summed E-state index contributed by atoms with van der Waals surface area (Å²) >= 11 is 0. The Kier molecular flexibility index (Phi) is 9.91. The molecular formula is C26H36N2O8S2Si. The Morgan fingerprint density at radius 2 is 1.74 bits per heavy atom. The van der Waals surface area contributed by atoms with Crippen molar-refractivity contribution in [2.45, 2.75) is 63.9 Å². The number of rotatable bonds is 13. The Hall–Kier alpha value is -2.39. The number of aliphatic hydroxyl groups is 1. The summed E-state index contributed by atoms with van der Waals surface area (Å²) in [4.78, 5) is -0.0463. The summed E-state index contributed by atoms with van der Waals surface area (Å²) in [6.07, 6.45) is -0.175. The summed E-state index contributed by atoms with van der Waals surface area (Å²) in [5.41, 5.74) is 3.01. The van der Waals surface area contributed by atoms with E-state index in [0.717, 1.165) is 12.3 Å². The van der Waals surface area contributed by atoms with Crippen LogP contribution in [0, 0.1) is 13.8 Å². The van der Waals surface area contributed by atoms with Crippen molar-refractivity contribution in [1.29, 1.82) is 0 Å².